The summed E-state index contributed by atoms with van der Waals surface area (Å²) in [5.41, 5.74) is 3.22. The average molecular weight is 336 g/mol. The van der Waals surface area contributed by atoms with E-state index in [1.54, 1.807) is 43.3 Å². The fourth-order valence-corrected chi connectivity index (χ4v) is 1.46. The Hall–Kier alpha value is -2.78. The van der Waals surface area contributed by atoms with E-state index in [4.69, 9.17) is 10.6 Å². The largest absolute Gasteiger partial charge is 0.462 e. The third-order valence-corrected chi connectivity index (χ3v) is 2.45. The Morgan fingerprint density at radius 1 is 0.917 bits per heavy atom. The van der Waals surface area contributed by atoms with Crippen molar-refractivity contribution in [2.75, 3.05) is 6.61 Å². The molecular weight excluding hydrogens is 312 g/mol. The molecule has 0 unspecified atom stereocenters. The molecule has 8 nitrogen and oxygen atoms in total. The van der Waals surface area contributed by atoms with E-state index in [9.17, 15) is 9.59 Å². The Labute approximate surface area is 140 Å². The molecule has 0 fully saturated rings. The first-order chi connectivity index (χ1) is 11.2. The van der Waals surface area contributed by atoms with Crippen molar-refractivity contribution in [1.82, 2.24) is 5.43 Å². The summed E-state index contributed by atoms with van der Waals surface area (Å²) in [7, 11) is 0. The van der Waals surface area contributed by atoms with E-state index >= 15 is 0 Å². The number of benzene rings is 2. The van der Waals surface area contributed by atoms with Crippen molar-refractivity contribution < 1.29 is 19.8 Å². The zero-order chi connectivity index (χ0) is 17.5. The Kier molecular flexibility index (Phi) is 14.8. The third-order valence-electron chi connectivity index (χ3n) is 2.45. The van der Waals surface area contributed by atoms with Gasteiger partial charge in [-0.2, -0.15) is 0 Å². The van der Waals surface area contributed by atoms with Crippen LogP contribution in [0.1, 0.15) is 27.6 Å². The van der Waals surface area contributed by atoms with Gasteiger partial charge in [-0.15, -0.1) is 0 Å². The highest BCUT2D eigenvalue weighted by Gasteiger charge is 2.02. The van der Waals surface area contributed by atoms with Crippen LogP contribution in [0.5, 0.6) is 0 Å². The Morgan fingerprint density at radius 2 is 1.33 bits per heavy atom. The smallest absolute Gasteiger partial charge is 0.338 e. The molecule has 0 spiro atoms. The topological polar surface area (TPSA) is 165 Å². The molecular formula is C16H24N4O4. The minimum absolute atomic E-state index is 0. The number of nitrogens with two attached hydrogens (primary N) is 3. The van der Waals surface area contributed by atoms with Gasteiger partial charge in [0.25, 0.3) is 5.91 Å². The summed E-state index contributed by atoms with van der Waals surface area (Å²) >= 11 is 0. The lowest BCUT2D eigenvalue weighted by molar-refractivity contribution is 0.0526. The summed E-state index contributed by atoms with van der Waals surface area (Å²) in [5, 5.41) is 0. The maximum absolute atomic E-state index is 11.0. The van der Waals surface area contributed by atoms with Crippen molar-refractivity contribution >= 4 is 11.9 Å². The molecule has 2 aromatic carbocycles. The van der Waals surface area contributed by atoms with E-state index in [2.05, 4.69) is 11.7 Å². The van der Waals surface area contributed by atoms with Crippen molar-refractivity contribution in [2.24, 2.45) is 17.5 Å². The second kappa shape index (κ2) is 15.1. The first-order valence-corrected chi connectivity index (χ1v) is 6.80. The number of hydrogen-bond acceptors (Lipinski definition) is 6. The molecule has 9 N–H and O–H groups in total. The molecule has 8 heteroatoms. The summed E-state index contributed by atoms with van der Waals surface area (Å²) in [6.45, 7) is 2.22. The number of hydrogen-bond donors (Lipinski definition) is 4. The summed E-state index contributed by atoms with van der Waals surface area (Å²) in [4.78, 5) is 21.8. The minimum Gasteiger partial charge on any atom is -0.462 e. The van der Waals surface area contributed by atoms with Gasteiger partial charge in [0.2, 0.25) is 0 Å². The lowest BCUT2D eigenvalue weighted by atomic mass is 10.2. The van der Waals surface area contributed by atoms with Crippen LogP contribution in [0.3, 0.4) is 0 Å². The van der Waals surface area contributed by atoms with Crippen molar-refractivity contribution in [3.8, 4) is 0 Å². The molecule has 0 aliphatic rings. The Morgan fingerprint density at radius 3 is 1.71 bits per heavy atom. The summed E-state index contributed by atoms with van der Waals surface area (Å²) in [6.07, 6.45) is 0. The van der Waals surface area contributed by atoms with Gasteiger partial charge in [-0.25, -0.2) is 10.6 Å². The lowest BCUT2D eigenvalue weighted by Crippen LogP contribution is -2.29. The standard InChI is InChI=1S/C9H10O2.C7H8N2O.H4N2.H2O/c1-2-11-9(10)8-6-4-3-5-7-8;8-9-7(10)6-4-2-1-3-5-6;1-2;/h3-7H,2H2,1H3;1-5H,8H2,(H,9,10);1-2H2;1H2. The zero-order valence-corrected chi connectivity index (χ0v) is 13.4. The van der Waals surface area contributed by atoms with E-state index in [-0.39, 0.29) is 17.4 Å². The highest BCUT2D eigenvalue weighted by Crippen LogP contribution is 2.00. The van der Waals surface area contributed by atoms with E-state index in [1.807, 2.05) is 29.7 Å². The maximum atomic E-state index is 11.0. The average Bonchev–Trinajstić information content (AvgIpc) is 2.65. The molecule has 0 aromatic heterocycles. The van der Waals surface area contributed by atoms with Crippen molar-refractivity contribution in [3.63, 3.8) is 0 Å². The molecule has 0 heterocycles. The number of carbonyl (C=O) groups is 2. The van der Waals surface area contributed by atoms with E-state index in [0.717, 1.165) is 0 Å². The van der Waals surface area contributed by atoms with Gasteiger partial charge in [-0.1, -0.05) is 36.4 Å². The first kappa shape index (κ1) is 23.5. The van der Waals surface area contributed by atoms with Crippen LogP contribution in [0.15, 0.2) is 60.7 Å². The van der Waals surface area contributed by atoms with Gasteiger partial charge in [0, 0.05) is 5.56 Å². The second-order valence-electron chi connectivity index (χ2n) is 3.93. The molecule has 0 saturated heterocycles. The minimum atomic E-state index is -0.263. The van der Waals surface area contributed by atoms with Crippen LogP contribution in [-0.4, -0.2) is 24.0 Å². The second-order valence-corrected chi connectivity index (χ2v) is 3.93. The maximum Gasteiger partial charge on any atom is 0.338 e. The highest BCUT2D eigenvalue weighted by atomic mass is 16.5. The lowest BCUT2D eigenvalue weighted by Gasteiger charge is -1.99. The number of hydrazine groups is 2. The summed E-state index contributed by atoms with van der Waals surface area (Å²) < 4.78 is 4.79. The van der Waals surface area contributed by atoms with Crippen LogP contribution >= 0.6 is 0 Å². The molecule has 0 bridgehead atoms. The molecule has 132 valence electrons. The monoisotopic (exact) mass is 336 g/mol. The molecule has 0 aliphatic carbocycles. The van der Waals surface area contributed by atoms with Gasteiger partial charge in [-0.3, -0.25) is 21.9 Å². The zero-order valence-electron chi connectivity index (χ0n) is 13.4. The van der Waals surface area contributed by atoms with E-state index in [0.29, 0.717) is 17.7 Å². The van der Waals surface area contributed by atoms with Gasteiger partial charge in [0.05, 0.1) is 12.2 Å². The predicted molar refractivity (Wildman–Crippen MR) is 92.5 cm³/mol. The molecule has 2 aromatic rings. The molecule has 0 atom stereocenters. The fraction of sp³-hybridized carbons (Fsp3) is 0.125. The van der Waals surface area contributed by atoms with Crippen LogP contribution in [-0.2, 0) is 4.74 Å². The fourth-order valence-electron chi connectivity index (χ4n) is 1.46. The highest BCUT2D eigenvalue weighted by molar-refractivity contribution is 5.93. The number of ether oxygens (including phenoxy) is 1. The Bertz CT molecular complexity index is 565. The van der Waals surface area contributed by atoms with Gasteiger partial charge in [0.15, 0.2) is 0 Å². The van der Waals surface area contributed by atoms with Gasteiger partial charge >= 0.3 is 5.97 Å². The van der Waals surface area contributed by atoms with Crippen molar-refractivity contribution in [1.29, 1.82) is 0 Å². The van der Waals surface area contributed by atoms with Gasteiger partial charge in [0.1, 0.15) is 0 Å². The number of nitrogens with one attached hydrogen (secondary N) is 1. The molecule has 0 saturated carbocycles. The van der Waals surface area contributed by atoms with Gasteiger partial charge < -0.3 is 10.2 Å². The van der Waals surface area contributed by atoms with Crippen LogP contribution in [0.25, 0.3) is 0 Å². The summed E-state index contributed by atoms with van der Waals surface area (Å²) in [6, 6.07) is 17.8. The summed E-state index contributed by atoms with van der Waals surface area (Å²) in [5.74, 6) is 12.4. The van der Waals surface area contributed by atoms with Crippen LogP contribution in [0, 0.1) is 0 Å². The number of carbonyl (C=O) groups excluding carboxylic acids is 2. The molecule has 2 rings (SSSR count). The Balaban J connectivity index is 0. The number of esters is 1. The third kappa shape index (κ3) is 9.28. The van der Waals surface area contributed by atoms with E-state index < -0.39 is 0 Å². The van der Waals surface area contributed by atoms with Crippen LogP contribution in [0.2, 0.25) is 0 Å². The molecule has 24 heavy (non-hydrogen) atoms. The van der Waals surface area contributed by atoms with Crippen molar-refractivity contribution in [2.45, 2.75) is 6.92 Å². The van der Waals surface area contributed by atoms with Crippen molar-refractivity contribution in [3.05, 3.63) is 71.8 Å². The van der Waals surface area contributed by atoms with Crippen LogP contribution < -0.4 is 23.0 Å². The van der Waals surface area contributed by atoms with Crippen LogP contribution in [0.4, 0.5) is 0 Å². The molecule has 0 aliphatic heterocycles. The number of nitrogen functional groups attached to an aromatic ring is 1. The number of amides is 1. The first-order valence-electron chi connectivity index (χ1n) is 6.80. The van der Waals surface area contributed by atoms with E-state index in [1.165, 1.54) is 0 Å². The van der Waals surface area contributed by atoms with Gasteiger partial charge in [-0.05, 0) is 31.2 Å². The predicted octanol–water partition coefficient (Wildman–Crippen LogP) is 0.148. The quantitative estimate of drug-likeness (QED) is 0.269. The molecule has 1 amide bonds. The number of rotatable bonds is 3. The molecule has 0 radical (unpaired) electrons. The normalized spacial score (nSPS) is 8.17. The SMILES string of the molecule is CCOC(=O)c1ccccc1.NN.NNC(=O)c1ccccc1.O.